The minimum atomic E-state index is -0.455. The highest BCUT2D eigenvalue weighted by Gasteiger charge is 2.32. The van der Waals surface area contributed by atoms with Crippen LogP contribution in [0.5, 0.6) is 0 Å². The molecule has 1 aliphatic rings. The van der Waals surface area contributed by atoms with E-state index in [9.17, 15) is 9.59 Å². The molecule has 0 bridgehead atoms. The second-order valence-electron chi connectivity index (χ2n) is 5.31. The van der Waals surface area contributed by atoms with Gasteiger partial charge in [0, 0.05) is 30.8 Å². The molecule has 1 atom stereocenters. The maximum Gasteiger partial charge on any atom is 0.254 e. The summed E-state index contributed by atoms with van der Waals surface area (Å²) in [6.45, 7) is 1.74. The Labute approximate surface area is 129 Å². The van der Waals surface area contributed by atoms with Crippen molar-refractivity contribution in [3.63, 3.8) is 0 Å². The number of rotatable bonds is 3. The second-order valence-corrected chi connectivity index (χ2v) is 5.31. The van der Waals surface area contributed by atoms with Gasteiger partial charge >= 0.3 is 0 Å². The number of hydrogen-bond acceptors (Lipinski definition) is 3. The smallest absolute Gasteiger partial charge is 0.254 e. The third-order valence-electron chi connectivity index (χ3n) is 3.89. The molecule has 1 amide bonds. The summed E-state index contributed by atoms with van der Waals surface area (Å²) in [6, 6.07) is 17.8. The van der Waals surface area contributed by atoms with Gasteiger partial charge in [-0.3, -0.25) is 9.59 Å². The van der Waals surface area contributed by atoms with Gasteiger partial charge in [-0.2, -0.15) is 0 Å². The van der Waals surface area contributed by atoms with Gasteiger partial charge in [0.1, 0.15) is 6.04 Å². The normalized spacial score (nSPS) is 18.0. The van der Waals surface area contributed by atoms with Crippen molar-refractivity contribution in [1.82, 2.24) is 10.2 Å². The third-order valence-corrected chi connectivity index (χ3v) is 3.89. The fourth-order valence-corrected chi connectivity index (χ4v) is 2.72. The quantitative estimate of drug-likeness (QED) is 0.881. The van der Waals surface area contributed by atoms with Crippen LogP contribution < -0.4 is 5.32 Å². The highest BCUT2D eigenvalue weighted by Crippen LogP contribution is 2.15. The predicted octanol–water partition coefficient (Wildman–Crippen LogP) is 1.98. The molecule has 3 rings (SSSR count). The summed E-state index contributed by atoms with van der Waals surface area (Å²) in [5.41, 5.74) is 1.26. The molecule has 4 heteroatoms. The van der Waals surface area contributed by atoms with Gasteiger partial charge < -0.3 is 10.2 Å². The lowest BCUT2D eigenvalue weighted by atomic mass is 10.00. The number of ketones is 1. The molecular weight excluding hydrogens is 276 g/mol. The van der Waals surface area contributed by atoms with Crippen LogP contribution in [-0.4, -0.2) is 42.3 Å². The summed E-state index contributed by atoms with van der Waals surface area (Å²) in [5.74, 6) is -0.103. The SMILES string of the molecule is O=C(c1ccccc1)C1CNCCN1C(=O)c1ccccc1. The van der Waals surface area contributed by atoms with Crippen LogP contribution in [-0.2, 0) is 0 Å². The molecule has 1 aliphatic heterocycles. The van der Waals surface area contributed by atoms with Crippen LogP contribution in [0.4, 0.5) is 0 Å². The van der Waals surface area contributed by atoms with E-state index in [0.29, 0.717) is 30.8 Å². The Morgan fingerprint density at radius 2 is 1.50 bits per heavy atom. The van der Waals surface area contributed by atoms with Crippen molar-refractivity contribution in [2.24, 2.45) is 0 Å². The molecule has 0 saturated carbocycles. The summed E-state index contributed by atoms with van der Waals surface area (Å²) in [7, 11) is 0. The Balaban J connectivity index is 1.86. The highest BCUT2D eigenvalue weighted by atomic mass is 16.2. The van der Waals surface area contributed by atoms with Gasteiger partial charge in [0.15, 0.2) is 5.78 Å². The largest absolute Gasteiger partial charge is 0.326 e. The molecule has 1 fully saturated rings. The Bertz CT molecular complexity index is 596. The number of hydrogen-bond donors (Lipinski definition) is 1. The topological polar surface area (TPSA) is 49.4 Å². The van der Waals surface area contributed by atoms with Crippen molar-refractivity contribution in [3.8, 4) is 0 Å². The lowest BCUT2D eigenvalue weighted by Crippen LogP contribution is -2.57. The lowest BCUT2D eigenvalue weighted by molar-refractivity contribution is 0.0570. The summed E-state index contributed by atoms with van der Waals surface area (Å²) in [4.78, 5) is 27.1. The first kappa shape index (κ1) is 14.5. The highest BCUT2D eigenvalue weighted by molar-refractivity contribution is 6.04. The van der Waals surface area contributed by atoms with E-state index >= 15 is 0 Å². The van der Waals surface area contributed by atoms with Gasteiger partial charge in [0.25, 0.3) is 5.91 Å². The Kier molecular flexibility index (Phi) is 4.30. The molecule has 0 spiro atoms. The second kappa shape index (κ2) is 6.54. The first-order valence-electron chi connectivity index (χ1n) is 7.43. The minimum absolute atomic E-state index is 0.0166. The fraction of sp³-hybridized carbons (Fsp3) is 0.222. The molecule has 0 aliphatic carbocycles. The van der Waals surface area contributed by atoms with E-state index in [1.165, 1.54) is 0 Å². The van der Waals surface area contributed by atoms with Crippen molar-refractivity contribution in [2.45, 2.75) is 6.04 Å². The minimum Gasteiger partial charge on any atom is -0.326 e. The molecular formula is C18H18N2O2. The number of benzene rings is 2. The van der Waals surface area contributed by atoms with E-state index in [0.717, 1.165) is 0 Å². The van der Waals surface area contributed by atoms with Crippen LogP contribution in [0.25, 0.3) is 0 Å². The maximum absolute atomic E-state index is 12.7. The van der Waals surface area contributed by atoms with Gasteiger partial charge in [-0.1, -0.05) is 48.5 Å². The monoisotopic (exact) mass is 294 g/mol. The number of carbonyl (C=O) groups is 2. The summed E-state index contributed by atoms with van der Waals surface area (Å²) < 4.78 is 0. The molecule has 1 saturated heterocycles. The zero-order chi connectivity index (χ0) is 15.4. The van der Waals surface area contributed by atoms with Crippen molar-refractivity contribution in [3.05, 3.63) is 71.8 Å². The first-order valence-corrected chi connectivity index (χ1v) is 7.43. The van der Waals surface area contributed by atoms with Crippen molar-refractivity contribution in [1.29, 1.82) is 0 Å². The summed E-state index contributed by atoms with van der Waals surface area (Å²) in [6.07, 6.45) is 0. The molecule has 0 aromatic heterocycles. The Morgan fingerprint density at radius 3 is 2.14 bits per heavy atom. The van der Waals surface area contributed by atoms with Gasteiger partial charge in [-0.15, -0.1) is 0 Å². The van der Waals surface area contributed by atoms with Gasteiger partial charge in [-0.25, -0.2) is 0 Å². The van der Waals surface area contributed by atoms with E-state index < -0.39 is 6.04 Å². The van der Waals surface area contributed by atoms with Crippen LogP contribution in [0.1, 0.15) is 20.7 Å². The number of Topliss-reactive ketones (excluding diaryl/α,β-unsaturated/α-hetero) is 1. The average molecular weight is 294 g/mol. The molecule has 1 N–H and O–H groups in total. The number of carbonyl (C=O) groups excluding carboxylic acids is 2. The maximum atomic E-state index is 12.7. The predicted molar refractivity (Wildman–Crippen MR) is 84.9 cm³/mol. The van der Waals surface area contributed by atoms with E-state index in [-0.39, 0.29) is 11.7 Å². The van der Waals surface area contributed by atoms with E-state index in [4.69, 9.17) is 0 Å². The first-order chi connectivity index (χ1) is 10.8. The fourth-order valence-electron chi connectivity index (χ4n) is 2.72. The van der Waals surface area contributed by atoms with Crippen LogP contribution in [0, 0.1) is 0 Å². The summed E-state index contributed by atoms with van der Waals surface area (Å²) >= 11 is 0. The Hall–Kier alpha value is -2.46. The third kappa shape index (κ3) is 2.92. The molecule has 112 valence electrons. The van der Waals surface area contributed by atoms with E-state index in [1.54, 1.807) is 29.2 Å². The molecule has 22 heavy (non-hydrogen) atoms. The van der Waals surface area contributed by atoms with Gasteiger partial charge in [0.2, 0.25) is 0 Å². The molecule has 1 unspecified atom stereocenters. The number of piperazine rings is 1. The van der Waals surface area contributed by atoms with Crippen molar-refractivity contribution in [2.75, 3.05) is 19.6 Å². The lowest BCUT2D eigenvalue weighted by Gasteiger charge is -2.35. The molecule has 1 heterocycles. The van der Waals surface area contributed by atoms with Gasteiger partial charge in [0.05, 0.1) is 0 Å². The van der Waals surface area contributed by atoms with E-state index in [1.807, 2.05) is 36.4 Å². The number of nitrogens with one attached hydrogen (secondary N) is 1. The zero-order valence-electron chi connectivity index (χ0n) is 12.2. The van der Waals surface area contributed by atoms with Crippen LogP contribution in [0.15, 0.2) is 60.7 Å². The molecule has 4 nitrogen and oxygen atoms in total. The van der Waals surface area contributed by atoms with Crippen LogP contribution >= 0.6 is 0 Å². The van der Waals surface area contributed by atoms with Gasteiger partial charge in [-0.05, 0) is 12.1 Å². The number of nitrogens with zero attached hydrogens (tertiary/aromatic N) is 1. The van der Waals surface area contributed by atoms with E-state index in [2.05, 4.69) is 5.32 Å². The van der Waals surface area contributed by atoms with Crippen molar-refractivity contribution >= 4 is 11.7 Å². The summed E-state index contributed by atoms with van der Waals surface area (Å²) in [5, 5.41) is 3.21. The zero-order valence-corrected chi connectivity index (χ0v) is 12.2. The molecule has 0 radical (unpaired) electrons. The Morgan fingerprint density at radius 1 is 0.909 bits per heavy atom. The van der Waals surface area contributed by atoms with Crippen LogP contribution in [0.2, 0.25) is 0 Å². The average Bonchev–Trinajstić information content (AvgIpc) is 2.62. The standard InChI is InChI=1S/C18H18N2O2/c21-17(14-7-3-1-4-8-14)16-13-19-11-12-20(16)18(22)15-9-5-2-6-10-15/h1-10,16,19H,11-13H2. The molecule has 2 aromatic rings. The van der Waals surface area contributed by atoms with Crippen molar-refractivity contribution < 1.29 is 9.59 Å². The van der Waals surface area contributed by atoms with Crippen LogP contribution in [0.3, 0.4) is 0 Å². The molecule has 2 aromatic carbocycles. The number of amides is 1.